The van der Waals surface area contributed by atoms with Crippen LogP contribution >= 0.6 is 0 Å². The molecule has 0 fully saturated rings. The number of hydrogen-bond donors (Lipinski definition) is 0. The topological polar surface area (TPSA) is 107 Å². The molecule has 38 heavy (non-hydrogen) atoms. The minimum atomic E-state index is -0.548. The molecule has 0 N–H and O–H groups in total. The molecule has 0 saturated heterocycles. The van der Waals surface area contributed by atoms with E-state index in [0.29, 0.717) is 51.0 Å². The lowest BCUT2D eigenvalue weighted by molar-refractivity contribution is -0.143. The fraction of sp³-hybridized carbons (Fsp3) is 0.207. The Morgan fingerprint density at radius 1 is 0.947 bits per heavy atom. The molecule has 5 rings (SSSR count). The quantitative estimate of drug-likeness (QED) is 0.258. The molecule has 3 aromatic rings. The van der Waals surface area contributed by atoms with E-state index in [2.05, 4.69) is 4.74 Å². The van der Waals surface area contributed by atoms with Crippen molar-refractivity contribution in [1.29, 1.82) is 0 Å². The fourth-order valence-electron chi connectivity index (χ4n) is 4.63. The molecule has 0 saturated carbocycles. The van der Waals surface area contributed by atoms with E-state index in [1.54, 1.807) is 60.7 Å². The van der Waals surface area contributed by atoms with Gasteiger partial charge in [0.1, 0.15) is 17.2 Å². The standard InChI is InChI=1S/C29H24O9/c1-33-22-10-6-7-16(28(22)35-3)13-23-27(32)18-11-12-21-26(29(18)38-23)19(14-24(30)37-21)17-8-4-5-9-20(17)36-15-25(31)34-2/h4-13,19H,14-15H2,1-3H3/b23-13-/t19-/m1/s1. The van der Waals surface area contributed by atoms with Gasteiger partial charge in [0.2, 0.25) is 5.78 Å². The first kappa shape index (κ1) is 24.9. The number of benzene rings is 3. The highest BCUT2D eigenvalue weighted by molar-refractivity contribution is 6.15. The summed E-state index contributed by atoms with van der Waals surface area (Å²) in [6.45, 7) is -0.297. The van der Waals surface area contributed by atoms with Gasteiger partial charge in [0.25, 0.3) is 0 Å². The minimum absolute atomic E-state index is 0.0116. The molecule has 1 atom stereocenters. The first-order valence-electron chi connectivity index (χ1n) is 11.8. The normalized spacial score (nSPS) is 16.7. The van der Waals surface area contributed by atoms with Crippen molar-refractivity contribution in [3.8, 4) is 28.7 Å². The summed E-state index contributed by atoms with van der Waals surface area (Å²) in [4.78, 5) is 37.6. The van der Waals surface area contributed by atoms with Crippen LogP contribution in [0, 0.1) is 0 Å². The number of Topliss-reactive ketones (excluding diaryl/α,β-unsaturated/α-hetero) is 1. The van der Waals surface area contributed by atoms with E-state index in [-0.39, 0.29) is 24.6 Å². The summed E-state index contributed by atoms with van der Waals surface area (Å²) in [6.07, 6.45) is 1.58. The van der Waals surface area contributed by atoms with Gasteiger partial charge < -0.3 is 28.4 Å². The van der Waals surface area contributed by atoms with Crippen molar-refractivity contribution in [2.75, 3.05) is 27.9 Å². The lowest BCUT2D eigenvalue weighted by Gasteiger charge is -2.27. The summed E-state index contributed by atoms with van der Waals surface area (Å²) < 4.78 is 32.9. The number of fused-ring (bicyclic) bond motifs is 3. The van der Waals surface area contributed by atoms with Crippen molar-refractivity contribution in [3.63, 3.8) is 0 Å². The van der Waals surface area contributed by atoms with E-state index >= 15 is 0 Å². The highest BCUT2D eigenvalue weighted by Crippen LogP contribution is 2.50. The summed E-state index contributed by atoms with van der Waals surface area (Å²) in [5.74, 6) is 0.215. The van der Waals surface area contributed by atoms with Crippen LogP contribution in [0.3, 0.4) is 0 Å². The van der Waals surface area contributed by atoms with Gasteiger partial charge in [-0.15, -0.1) is 0 Å². The average Bonchev–Trinajstić information content (AvgIpc) is 3.25. The SMILES string of the molecule is COC(=O)COc1ccccc1[C@H]1CC(=O)Oc2ccc3c(c21)O/C(=C\c1cccc(OC)c1OC)C3=O. The lowest BCUT2D eigenvalue weighted by Crippen LogP contribution is -2.22. The minimum Gasteiger partial charge on any atom is -0.493 e. The smallest absolute Gasteiger partial charge is 0.343 e. The maximum absolute atomic E-state index is 13.4. The molecule has 9 heteroatoms. The van der Waals surface area contributed by atoms with Crippen LogP contribution in [-0.4, -0.2) is 45.7 Å². The van der Waals surface area contributed by atoms with Crippen LogP contribution in [0.15, 0.2) is 60.4 Å². The van der Waals surface area contributed by atoms with Gasteiger partial charge in [-0.1, -0.05) is 30.3 Å². The molecule has 0 radical (unpaired) electrons. The van der Waals surface area contributed by atoms with Gasteiger partial charge in [-0.05, 0) is 30.3 Å². The Bertz CT molecular complexity index is 1470. The van der Waals surface area contributed by atoms with Crippen LogP contribution in [0.5, 0.6) is 28.7 Å². The van der Waals surface area contributed by atoms with E-state index < -0.39 is 17.9 Å². The number of ketones is 1. The Balaban J connectivity index is 1.58. The summed E-state index contributed by atoms with van der Waals surface area (Å²) in [7, 11) is 4.32. The second kappa shape index (κ2) is 10.3. The molecular weight excluding hydrogens is 492 g/mol. The van der Waals surface area contributed by atoms with Crippen molar-refractivity contribution in [3.05, 3.63) is 82.6 Å². The number of esters is 2. The number of methoxy groups -OCH3 is 3. The number of para-hydroxylation sites is 2. The van der Waals surface area contributed by atoms with Crippen LogP contribution < -0.4 is 23.7 Å². The molecular formula is C29H24O9. The van der Waals surface area contributed by atoms with Gasteiger partial charge in [0, 0.05) is 22.6 Å². The largest absolute Gasteiger partial charge is 0.493 e. The van der Waals surface area contributed by atoms with Crippen LogP contribution in [0.25, 0.3) is 6.08 Å². The Morgan fingerprint density at radius 2 is 1.74 bits per heavy atom. The van der Waals surface area contributed by atoms with E-state index in [1.807, 2.05) is 0 Å². The second-order valence-corrected chi connectivity index (χ2v) is 8.51. The lowest BCUT2D eigenvalue weighted by atomic mass is 9.84. The number of carbonyl (C=O) groups excluding carboxylic acids is 3. The molecule has 0 amide bonds. The second-order valence-electron chi connectivity index (χ2n) is 8.51. The molecule has 0 spiro atoms. The molecule has 194 valence electrons. The van der Waals surface area contributed by atoms with Gasteiger partial charge in [-0.25, -0.2) is 4.79 Å². The highest BCUT2D eigenvalue weighted by Gasteiger charge is 2.39. The van der Waals surface area contributed by atoms with E-state index in [4.69, 9.17) is 23.7 Å². The Labute approximate surface area is 218 Å². The van der Waals surface area contributed by atoms with Crippen molar-refractivity contribution in [2.24, 2.45) is 0 Å². The Kier molecular flexibility index (Phi) is 6.74. The molecule has 0 aromatic heterocycles. The first-order chi connectivity index (χ1) is 18.4. The third-order valence-electron chi connectivity index (χ3n) is 6.37. The van der Waals surface area contributed by atoms with Crippen molar-refractivity contribution in [2.45, 2.75) is 12.3 Å². The van der Waals surface area contributed by atoms with Crippen molar-refractivity contribution >= 4 is 23.8 Å². The maximum atomic E-state index is 13.4. The van der Waals surface area contributed by atoms with Gasteiger partial charge in [0.05, 0.1) is 33.3 Å². The fourth-order valence-corrected chi connectivity index (χ4v) is 4.63. The zero-order valence-electron chi connectivity index (χ0n) is 20.9. The van der Waals surface area contributed by atoms with Crippen molar-refractivity contribution in [1.82, 2.24) is 0 Å². The average molecular weight is 517 g/mol. The van der Waals surface area contributed by atoms with Gasteiger partial charge >= 0.3 is 11.9 Å². The van der Waals surface area contributed by atoms with Crippen LogP contribution in [0.1, 0.15) is 39.4 Å². The summed E-state index contributed by atoms with van der Waals surface area (Å²) >= 11 is 0. The molecule has 0 aliphatic carbocycles. The Hall–Kier alpha value is -4.79. The third-order valence-corrected chi connectivity index (χ3v) is 6.37. The highest BCUT2D eigenvalue weighted by atomic mass is 16.6. The molecule has 0 bridgehead atoms. The molecule has 2 aliphatic heterocycles. The monoisotopic (exact) mass is 516 g/mol. The van der Waals surface area contributed by atoms with Crippen LogP contribution in [-0.2, 0) is 14.3 Å². The maximum Gasteiger partial charge on any atom is 0.343 e. The third kappa shape index (κ3) is 4.43. The summed E-state index contributed by atoms with van der Waals surface area (Å²) in [5.41, 5.74) is 2.13. The zero-order valence-corrected chi connectivity index (χ0v) is 20.9. The van der Waals surface area contributed by atoms with Gasteiger partial charge in [0.15, 0.2) is 23.9 Å². The molecule has 9 nitrogen and oxygen atoms in total. The number of hydrogen-bond acceptors (Lipinski definition) is 9. The molecule has 2 heterocycles. The predicted molar refractivity (Wildman–Crippen MR) is 135 cm³/mol. The van der Waals surface area contributed by atoms with E-state index in [0.717, 1.165) is 0 Å². The first-order valence-corrected chi connectivity index (χ1v) is 11.8. The predicted octanol–water partition coefficient (Wildman–Crippen LogP) is 4.31. The Morgan fingerprint density at radius 3 is 2.50 bits per heavy atom. The zero-order chi connectivity index (χ0) is 26.8. The van der Waals surface area contributed by atoms with Crippen molar-refractivity contribution < 1.29 is 42.8 Å². The summed E-state index contributed by atoms with van der Waals surface area (Å²) in [6, 6.07) is 15.5. The molecule has 3 aromatic carbocycles. The molecule has 2 aliphatic rings. The summed E-state index contributed by atoms with van der Waals surface area (Å²) in [5, 5.41) is 0. The van der Waals surface area contributed by atoms with Gasteiger partial charge in [-0.3, -0.25) is 9.59 Å². The van der Waals surface area contributed by atoms with Gasteiger partial charge in [-0.2, -0.15) is 0 Å². The number of rotatable bonds is 7. The van der Waals surface area contributed by atoms with E-state index in [1.165, 1.54) is 21.3 Å². The number of ether oxygens (including phenoxy) is 6. The number of allylic oxidation sites excluding steroid dienone is 1. The van der Waals surface area contributed by atoms with Crippen LogP contribution in [0.2, 0.25) is 0 Å². The molecule has 0 unspecified atom stereocenters. The number of carbonyl (C=O) groups is 3. The van der Waals surface area contributed by atoms with Crippen LogP contribution in [0.4, 0.5) is 0 Å². The van der Waals surface area contributed by atoms with E-state index in [9.17, 15) is 14.4 Å².